The monoisotopic (exact) mass is 505 g/mol. The number of benzene rings is 2. The molecule has 2 aromatic carbocycles. The quantitative estimate of drug-likeness (QED) is 0.646. The number of anilines is 1. The molecule has 184 valence electrons. The molecule has 2 aliphatic rings. The fourth-order valence-electron chi connectivity index (χ4n) is 4.46. The second-order valence-corrected chi connectivity index (χ2v) is 12.7. The molecule has 0 radical (unpaired) electrons. The molecular weight excluding hydrogens is 474 g/mol. The largest absolute Gasteiger partial charge is 0.322 e. The zero-order chi connectivity index (χ0) is 24.3. The third-order valence-electron chi connectivity index (χ3n) is 6.43. The van der Waals surface area contributed by atoms with Gasteiger partial charge in [-0.3, -0.25) is 4.79 Å². The van der Waals surface area contributed by atoms with E-state index in [-0.39, 0.29) is 15.4 Å². The van der Waals surface area contributed by atoms with Crippen LogP contribution in [-0.2, 0) is 20.0 Å². The van der Waals surface area contributed by atoms with Gasteiger partial charge in [-0.1, -0.05) is 25.0 Å². The predicted molar refractivity (Wildman–Crippen MR) is 131 cm³/mol. The lowest BCUT2D eigenvalue weighted by Crippen LogP contribution is -2.36. The molecular formula is C24H31N3O5S2. The molecule has 2 heterocycles. The first-order valence-corrected chi connectivity index (χ1v) is 14.6. The second-order valence-electron chi connectivity index (χ2n) is 8.89. The standard InChI is InChI=1S/C24H31N3O5S2/c1-19-11-12-20(17-23(19)34(31,32)27-15-6-3-7-16-27)24(28)25-21-9-8-10-22(18-21)33(29,30)26-13-4-2-5-14-26/h8-12,17-18H,2-7,13-16H2,1H3,(H,25,28). The average molecular weight is 506 g/mol. The minimum Gasteiger partial charge on any atom is -0.322 e. The maximum absolute atomic E-state index is 13.2. The third kappa shape index (κ3) is 5.19. The zero-order valence-electron chi connectivity index (χ0n) is 19.4. The number of hydrogen-bond acceptors (Lipinski definition) is 5. The molecule has 2 saturated heterocycles. The smallest absolute Gasteiger partial charge is 0.255 e. The summed E-state index contributed by atoms with van der Waals surface area (Å²) in [5.74, 6) is -0.498. The van der Waals surface area contributed by atoms with Crippen LogP contribution in [0.4, 0.5) is 5.69 Å². The van der Waals surface area contributed by atoms with Gasteiger partial charge in [0.2, 0.25) is 20.0 Å². The maximum Gasteiger partial charge on any atom is 0.255 e. The molecule has 10 heteroatoms. The summed E-state index contributed by atoms with van der Waals surface area (Å²) in [6, 6.07) is 10.8. The summed E-state index contributed by atoms with van der Waals surface area (Å²) in [4.78, 5) is 13.2. The number of nitrogens with zero attached hydrogens (tertiary/aromatic N) is 2. The lowest BCUT2D eigenvalue weighted by molar-refractivity contribution is 0.102. The van der Waals surface area contributed by atoms with Crippen LogP contribution >= 0.6 is 0 Å². The van der Waals surface area contributed by atoms with Gasteiger partial charge < -0.3 is 5.32 Å². The van der Waals surface area contributed by atoms with Crippen molar-refractivity contribution in [3.05, 3.63) is 53.6 Å². The Balaban J connectivity index is 1.56. The van der Waals surface area contributed by atoms with Crippen LogP contribution in [0.1, 0.15) is 54.4 Å². The van der Waals surface area contributed by atoms with Crippen molar-refractivity contribution in [3.63, 3.8) is 0 Å². The van der Waals surface area contributed by atoms with Crippen molar-refractivity contribution in [2.45, 2.75) is 55.2 Å². The Morgan fingerprint density at radius 2 is 1.35 bits per heavy atom. The van der Waals surface area contributed by atoms with Crippen LogP contribution < -0.4 is 5.32 Å². The highest BCUT2D eigenvalue weighted by atomic mass is 32.2. The number of rotatable bonds is 6. The number of piperidine rings is 2. The Morgan fingerprint density at radius 1 is 0.765 bits per heavy atom. The Labute approximate surface area is 202 Å². The predicted octanol–water partition coefficient (Wildman–Crippen LogP) is 3.60. The van der Waals surface area contributed by atoms with Gasteiger partial charge >= 0.3 is 0 Å². The van der Waals surface area contributed by atoms with E-state index in [0.717, 1.165) is 38.5 Å². The highest BCUT2D eigenvalue weighted by Gasteiger charge is 2.29. The van der Waals surface area contributed by atoms with Crippen LogP contribution in [0.5, 0.6) is 0 Å². The van der Waals surface area contributed by atoms with Crippen molar-refractivity contribution < 1.29 is 21.6 Å². The number of aryl methyl sites for hydroxylation is 1. The van der Waals surface area contributed by atoms with Crippen LogP contribution in [0.3, 0.4) is 0 Å². The minimum atomic E-state index is -3.69. The van der Waals surface area contributed by atoms with Crippen LogP contribution in [-0.4, -0.2) is 57.5 Å². The van der Waals surface area contributed by atoms with E-state index >= 15 is 0 Å². The topological polar surface area (TPSA) is 104 Å². The van der Waals surface area contributed by atoms with Crippen molar-refractivity contribution in [2.24, 2.45) is 0 Å². The maximum atomic E-state index is 13.2. The van der Waals surface area contributed by atoms with Gasteiger partial charge in [0.1, 0.15) is 0 Å². The van der Waals surface area contributed by atoms with E-state index in [0.29, 0.717) is 37.4 Å². The molecule has 34 heavy (non-hydrogen) atoms. The number of carbonyl (C=O) groups excluding carboxylic acids is 1. The van der Waals surface area contributed by atoms with Gasteiger partial charge in [0.25, 0.3) is 5.91 Å². The fraction of sp³-hybridized carbons (Fsp3) is 0.458. The molecule has 0 saturated carbocycles. The van der Waals surface area contributed by atoms with Crippen molar-refractivity contribution >= 4 is 31.6 Å². The molecule has 2 aromatic rings. The molecule has 1 N–H and O–H groups in total. The molecule has 0 unspecified atom stereocenters. The summed E-state index contributed by atoms with van der Waals surface area (Å²) in [5.41, 5.74) is 1.12. The van der Waals surface area contributed by atoms with Gasteiger partial charge in [-0.05, 0) is 68.5 Å². The van der Waals surface area contributed by atoms with Gasteiger partial charge in [0, 0.05) is 37.4 Å². The van der Waals surface area contributed by atoms with Crippen molar-refractivity contribution in [1.82, 2.24) is 8.61 Å². The summed E-state index contributed by atoms with van der Waals surface area (Å²) < 4.78 is 55.3. The van der Waals surface area contributed by atoms with E-state index in [4.69, 9.17) is 0 Å². The lowest BCUT2D eigenvalue weighted by Gasteiger charge is -2.26. The van der Waals surface area contributed by atoms with Gasteiger partial charge in [0.05, 0.1) is 9.79 Å². The van der Waals surface area contributed by atoms with Crippen LogP contribution in [0.2, 0.25) is 0 Å². The summed E-state index contributed by atoms with van der Waals surface area (Å²) >= 11 is 0. The van der Waals surface area contributed by atoms with Gasteiger partial charge in [-0.2, -0.15) is 8.61 Å². The minimum absolute atomic E-state index is 0.128. The van der Waals surface area contributed by atoms with Crippen molar-refractivity contribution in [2.75, 3.05) is 31.5 Å². The molecule has 2 aliphatic heterocycles. The highest BCUT2D eigenvalue weighted by molar-refractivity contribution is 7.89. The molecule has 4 rings (SSSR count). The van der Waals surface area contributed by atoms with E-state index in [1.54, 1.807) is 31.2 Å². The van der Waals surface area contributed by atoms with Gasteiger partial charge in [-0.15, -0.1) is 0 Å². The Kier molecular flexibility index (Phi) is 7.42. The molecule has 2 fully saturated rings. The molecule has 8 nitrogen and oxygen atoms in total. The molecule has 1 amide bonds. The van der Waals surface area contributed by atoms with Crippen molar-refractivity contribution in [3.8, 4) is 0 Å². The first-order valence-electron chi connectivity index (χ1n) is 11.7. The van der Waals surface area contributed by atoms with Crippen molar-refractivity contribution in [1.29, 1.82) is 0 Å². The highest BCUT2D eigenvalue weighted by Crippen LogP contribution is 2.26. The lowest BCUT2D eigenvalue weighted by atomic mass is 10.1. The summed E-state index contributed by atoms with van der Waals surface area (Å²) in [6.45, 7) is 3.67. The number of hydrogen-bond donors (Lipinski definition) is 1. The Hall–Kier alpha value is -2.27. The van der Waals surface area contributed by atoms with E-state index in [1.165, 1.54) is 26.8 Å². The number of amides is 1. The fourth-order valence-corrected chi connectivity index (χ4v) is 7.79. The van der Waals surface area contributed by atoms with Crippen LogP contribution in [0, 0.1) is 6.92 Å². The first-order chi connectivity index (χ1) is 16.2. The van der Waals surface area contributed by atoms with E-state index < -0.39 is 26.0 Å². The number of nitrogens with one attached hydrogen (secondary N) is 1. The zero-order valence-corrected chi connectivity index (χ0v) is 21.0. The third-order valence-corrected chi connectivity index (χ3v) is 10.4. The summed E-state index contributed by atoms with van der Waals surface area (Å²) in [7, 11) is -7.32. The normalized spacial score (nSPS) is 18.5. The molecule has 0 bridgehead atoms. The van der Waals surface area contributed by atoms with Gasteiger partial charge in [-0.25, -0.2) is 16.8 Å². The van der Waals surface area contributed by atoms with E-state index in [9.17, 15) is 21.6 Å². The van der Waals surface area contributed by atoms with Crippen LogP contribution in [0.25, 0.3) is 0 Å². The van der Waals surface area contributed by atoms with Crippen LogP contribution in [0.15, 0.2) is 52.3 Å². The molecule has 0 spiro atoms. The number of carbonyl (C=O) groups is 1. The second kappa shape index (κ2) is 10.2. The average Bonchev–Trinajstić information content (AvgIpc) is 2.85. The number of sulfonamides is 2. The van der Waals surface area contributed by atoms with E-state index in [1.807, 2.05) is 0 Å². The Morgan fingerprint density at radius 3 is 1.97 bits per heavy atom. The SMILES string of the molecule is Cc1ccc(C(=O)Nc2cccc(S(=O)(=O)N3CCCCC3)c2)cc1S(=O)(=O)N1CCCCC1. The van der Waals surface area contributed by atoms with Gasteiger partial charge in [0.15, 0.2) is 0 Å². The Bertz CT molecular complexity index is 1260. The molecule has 0 aliphatic carbocycles. The van der Waals surface area contributed by atoms with E-state index in [2.05, 4.69) is 5.32 Å². The summed E-state index contributed by atoms with van der Waals surface area (Å²) in [6.07, 6.45) is 5.37. The molecule has 0 atom stereocenters. The molecule has 0 aromatic heterocycles. The summed E-state index contributed by atoms with van der Waals surface area (Å²) in [5, 5.41) is 2.72. The first kappa shape index (κ1) is 24.8.